The Kier molecular flexibility index (Phi) is 7.35. The average Bonchev–Trinajstić information content (AvgIpc) is 3.32. The zero-order chi connectivity index (χ0) is 21.7. The molecule has 0 radical (unpaired) electrons. The molecule has 0 aliphatic rings. The van der Waals surface area contributed by atoms with Crippen LogP contribution in [0.2, 0.25) is 5.02 Å². The SMILES string of the molecule is COC(=O)c1ccsc1NC(=O)CSc1nnc(COc2ccc(Cl)cc2C)n1C. The van der Waals surface area contributed by atoms with Gasteiger partial charge in [0, 0.05) is 12.1 Å². The summed E-state index contributed by atoms with van der Waals surface area (Å²) in [7, 11) is 3.10. The van der Waals surface area contributed by atoms with Gasteiger partial charge in [0.15, 0.2) is 11.0 Å². The highest BCUT2D eigenvalue weighted by Crippen LogP contribution is 2.25. The Balaban J connectivity index is 1.55. The molecule has 0 spiro atoms. The number of anilines is 1. The highest BCUT2D eigenvalue weighted by Gasteiger charge is 2.17. The fraction of sp³-hybridized carbons (Fsp3) is 0.263. The number of thioether (sulfide) groups is 1. The van der Waals surface area contributed by atoms with Crippen LogP contribution in [0.3, 0.4) is 0 Å². The van der Waals surface area contributed by atoms with Crippen molar-refractivity contribution in [3.8, 4) is 5.75 Å². The minimum atomic E-state index is -0.493. The molecule has 11 heteroatoms. The van der Waals surface area contributed by atoms with Crippen molar-refractivity contribution in [1.82, 2.24) is 14.8 Å². The van der Waals surface area contributed by atoms with Crippen LogP contribution in [0.5, 0.6) is 5.75 Å². The van der Waals surface area contributed by atoms with E-state index in [0.717, 1.165) is 5.56 Å². The van der Waals surface area contributed by atoms with Crippen molar-refractivity contribution in [3.63, 3.8) is 0 Å². The maximum absolute atomic E-state index is 12.3. The minimum absolute atomic E-state index is 0.113. The third-order valence-corrected chi connectivity index (χ3v) is 6.16. The molecule has 0 saturated heterocycles. The van der Waals surface area contributed by atoms with Gasteiger partial charge in [-0.3, -0.25) is 4.79 Å². The summed E-state index contributed by atoms with van der Waals surface area (Å²) < 4.78 is 12.3. The molecule has 1 amide bonds. The average molecular weight is 467 g/mol. The van der Waals surface area contributed by atoms with Crippen LogP contribution in [-0.2, 0) is 23.2 Å². The third-order valence-electron chi connectivity index (χ3n) is 4.07. The van der Waals surface area contributed by atoms with Crippen molar-refractivity contribution >= 4 is 51.6 Å². The number of carbonyl (C=O) groups is 2. The van der Waals surface area contributed by atoms with Crippen LogP contribution in [-0.4, -0.2) is 39.5 Å². The Morgan fingerprint density at radius 1 is 1.30 bits per heavy atom. The number of hydrogen-bond acceptors (Lipinski definition) is 8. The van der Waals surface area contributed by atoms with E-state index in [4.69, 9.17) is 21.1 Å². The first-order chi connectivity index (χ1) is 14.4. The minimum Gasteiger partial charge on any atom is -0.485 e. The molecule has 158 valence electrons. The number of benzene rings is 1. The first kappa shape index (κ1) is 22.1. The molecule has 1 aromatic carbocycles. The van der Waals surface area contributed by atoms with Gasteiger partial charge in [0.25, 0.3) is 0 Å². The van der Waals surface area contributed by atoms with E-state index in [2.05, 4.69) is 15.5 Å². The number of methoxy groups -OCH3 is 1. The monoisotopic (exact) mass is 466 g/mol. The van der Waals surface area contributed by atoms with Gasteiger partial charge in [-0.15, -0.1) is 21.5 Å². The molecule has 0 unspecified atom stereocenters. The van der Waals surface area contributed by atoms with Crippen LogP contribution >= 0.6 is 34.7 Å². The van der Waals surface area contributed by atoms with Gasteiger partial charge in [0.2, 0.25) is 5.91 Å². The Labute approximate surface area is 186 Å². The molecule has 0 saturated carbocycles. The molecule has 3 aromatic rings. The lowest BCUT2D eigenvalue weighted by atomic mass is 10.2. The molecule has 0 fully saturated rings. The molecular formula is C19H19ClN4O4S2. The summed E-state index contributed by atoms with van der Waals surface area (Å²) in [6, 6.07) is 7.00. The third kappa shape index (κ3) is 5.32. The molecule has 0 aliphatic heterocycles. The Hall–Kier alpha value is -2.56. The largest absolute Gasteiger partial charge is 0.485 e. The summed E-state index contributed by atoms with van der Waals surface area (Å²) in [6.45, 7) is 2.15. The smallest absolute Gasteiger partial charge is 0.340 e. The maximum atomic E-state index is 12.3. The second-order valence-corrected chi connectivity index (χ2v) is 8.44. The predicted octanol–water partition coefficient (Wildman–Crippen LogP) is 3.93. The van der Waals surface area contributed by atoms with Crippen LogP contribution in [0, 0.1) is 6.92 Å². The summed E-state index contributed by atoms with van der Waals surface area (Å²) in [5.74, 6) is 0.701. The number of ether oxygens (including phenoxy) is 2. The van der Waals surface area contributed by atoms with Crippen LogP contribution in [0.15, 0.2) is 34.8 Å². The highest BCUT2D eigenvalue weighted by atomic mass is 35.5. The lowest BCUT2D eigenvalue weighted by molar-refractivity contribution is -0.113. The van der Waals surface area contributed by atoms with E-state index >= 15 is 0 Å². The van der Waals surface area contributed by atoms with Gasteiger partial charge in [-0.2, -0.15) is 0 Å². The Morgan fingerprint density at radius 3 is 2.83 bits per heavy atom. The molecule has 1 N–H and O–H groups in total. The second-order valence-electron chi connectivity index (χ2n) is 6.15. The Morgan fingerprint density at radius 2 is 2.10 bits per heavy atom. The van der Waals surface area contributed by atoms with Gasteiger partial charge in [0.05, 0.1) is 18.4 Å². The van der Waals surface area contributed by atoms with Crippen LogP contribution in [0.4, 0.5) is 5.00 Å². The van der Waals surface area contributed by atoms with Gasteiger partial charge < -0.3 is 19.4 Å². The number of aryl methyl sites for hydroxylation is 1. The quantitative estimate of drug-likeness (QED) is 0.397. The van der Waals surface area contributed by atoms with Crippen molar-refractivity contribution in [2.45, 2.75) is 18.7 Å². The highest BCUT2D eigenvalue weighted by molar-refractivity contribution is 7.99. The van der Waals surface area contributed by atoms with E-state index in [1.807, 2.05) is 20.0 Å². The molecule has 3 rings (SSSR count). The molecule has 0 aliphatic carbocycles. The molecule has 0 bridgehead atoms. The number of amides is 1. The number of rotatable bonds is 8. The fourth-order valence-electron chi connectivity index (χ4n) is 2.48. The van der Waals surface area contributed by atoms with Gasteiger partial charge in [-0.25, -0.2) is 4.79 Å². The molecular weight excluding hydrogens is 448 g/mol. The van der Waals surface area contributed by atoms with Crippen molar-refractivity contribution in [3.05, 3.63) is 51.6 Å². The fourth-order valence-corrected chi connectivity index (χ4v) is 4.23. The summed E-state index contributed by atoms with van der Waals surface area (Å²) in [4.78, 5) is 24.0. The van der Waals surface area contributed by atoms with E-state index in [-0.39, 0.29) is 18.3 Å². The van der Waals surface area contributed by atoms with E-state index in [0.29, 0.717) is 32.3 Å². The number of aromatic nitrogens is 3. The standard InChI is InChI=1S/C19H19ClN4O4S2/c1-11-8-12(20)4-5-14(11)28-9-15-22-23-19(24(15)2)30-10-16(25)21-17-13(6-7-29-17)18(26)27-3/h4-8H,9-10H2,1-3H3,(H,21,25). The van der Waals surface area contributed by atoms with Gasteiger partial charge in [-0.05, 0) is 42.1 Å². The van der Waals surface area contributed by atoms with E-state index < -0.39 is 5.97 Å². The number of carbonyl (C=O) groups excluding carboxylic acids is 2. The number of nitrogens with one attached hydrogen (secondary N) is 1. The number of hydrogen-bond donors (Lipinski definition) is 1. The molecule has 8 nitrogen and oxygen atoms in total. The first-order valence-corrected chi connectivity index (χ1v) is 11.0. The van der Waals surface area contributed by atoms with Crippen LogP contribution in [0.25, 0.3) is 0 Å². The predicted molar refractivity (Wildman–Crippen MR) is 117 cm³/mol. The second kappa shape index (κ2) is 9.96. The van der Waals surface area contributed by atoms with E-state index in [1.165, 1.54) is 30.2 Å². The summed E-state index contributed by atoms with van der Waals surface area (Å²) >= 11 is 8.45. The number of esters is 1. The molecule has 30 heavy (non-hydrogen) atoms. The zero-order valence-corrected chi connectivity index (χ0v) is 18.9. The molecule has 0 atom stereocenters. The van der Waals surface area contributed by atoms with Crippen LogP contribution < -0.4 is 10.1 Å². The van der Waals surface area contributed by atoms with Gasteiger partial charge in [-0.1, -0.05) is 23.4 Å². The number of nitrogens with zero attached hydrogens (tertiary/aromatic N) is 3. The van der Waals surface area contributed by atoms with Crippen molar-refractivity contribution in [2.24, 2.45) is 7.05 Å². The van der Waals surface area contributed by atoms with Crippen molar-refractivity contribution in [1.29, 1.82) is 0 Å². The van der Waals surface area contributed by atoms with Crippen molar-refractivity contribution in [2.75, 3.05) is 18.2 Å². The summed E-state index contributed by atoms with van der Waals surface area (Å²) in [6.07, 6.45) is 0. The maximum Gasteiger partial charge on any atom is 0.340 e. The van der Waals surface area contributed by atoms with Gasteiger partial charge in [0.1, 0.15) is 17.4 Å². The zero-order valence-electron chi connectivity index (χ0n) is 16.5. The Bertz CT molecular complexity index is 1070. The molecule has 2 aromatic heterocycles. The topological polar surface area (TPSA) is 95.3 Å². The van der Waals surface area contributed by atoms with Gasteiger partial charge >= 0.3 is 5.97 Å². The van der Waals surface area contributed by atoms with Crippen LogP contribution in [0.1, 0.15) is 21.7 Å². The number of halogens is 1. The normalized spacial score (nSPS) is 10.7. The lowest BCUT2D eigenvalue weighted by Gasteiger charge is -2.09. The lowest BCUT2D eigenvalue weighted by Crippen LogP contribution is -2.16. The summed E-state index contributed by atoms with van der Waals surface area (Å²) in [5, 5.41) is 14.4. The van der Waals surface area contributed by atoms with Crippen molar-refractivity contribution < 1.29 is 19.1 Å². The van der Waals surface area contributed by atoms with E-state index in [9.17, 15) is 9.59 Å². The van der Waals surface area contributed by atoms with E-state index in [1.54, 1.807) is 28.1 Å². The number of thiophene rings is 1. The first-order valence-electron chi connectivity index (χ1n) is 8.74. The summed E-state index contributed by atoms with van der Waals surface area (Å²) in [5.41, 5.74) is 1.26. The molecule has 2 heterocycles.